The van der Waals surface area contributed by atoms with Gasteiger partial charge in [0.05, 0.1) is 38.1 Å². The zero-order valence-corrected chi connectivity index (χ0v) is 17.5. The summed E-state index contributed by atoms with van der Waals surface area (Å²) in [5, 5.41) is 20.0. The third kappa shape index (κ3) is 4.12. The summed E-state index contributed by atoms with van der Waals surface area (Å²) in [6.45, 7) is 3.63. The number of carbonyl (C=O) groups excluding carboxylic acids is 1. The van der Waals surface area contributed by atoms with Crippen molar-refractivity contribution in [2.24, 2.45) is 4.99 Å². The molecule has 9 nitrogen and oxygen atoms in total. The van der Waals surface area contributed by atoms with Crippen molar-refractivity contribution >= 4 is 17.9 Å². The van der Waals surface area contributed by atoms with E-state index in [0.717, 1.165) is 4.57 Å². The van der Waals surface area contributed by atoms with E-state index in [1.54, 1.807) is 6.92 Å². The summed E-state index contributed by atoms with van der Waals surface area (Å²) >= 11 is 0. The number of nitriles is 1. The second-order valence-corrected chi connectivity index (χ2v) is 6.28. The molecule has 0 aliphatic heterocycles. The van der Waals surface area contributed by atoms with Gasteiger partial charge in [-0.1, -0.05) is 6.92 Å². The first-order valence-electron chi connectivity index (χ1n) is 9.09. The van der Waals surface area contributed by atoms with Gasteiger partial charge in [0, 0.05) is 24.9 Å². The largest absolute Gasteiger partial charge is 0.494 e. The quantitative estimate of drug-likeness (QED) is 0.547. The number of aliphatic imine (C=N–C) groups is 1. The maximum atomic E-state index is 12.4. The van der Waals surface area contributed by atoms with Gasteiger partial charge in [-0.15, -0.1) is 0 Å². The molecule has 158 valence electrons. The van der Waals surface area contributed by atoms with Crippen LogP contribution >= 0.6 is 0 Å². The number of hydrogen-bond donors (Lipinski definition) is 1. The fraction of sp³-hybridized carbons (Fsp3) is 0.333. The van der Waals surface area contributed by atoms with E-state index >= 15 is 0 Å². The van der Waals surface area contributed by atoms with Crippen LogP contribution in [0.2, 0.25) is 0 Å². The third-order valence-electron chi connectivity index (χ3n) is 4.53. The molecule has 0 saturated carbocycles. The highest BCUT2D eigenvalue weighted by molar-refractivity contribution is 5.98. The van der Waals surface area contributed by atoms with E-state index in [-0.39, 0.29) is 40.4 Å². The molecule has 1 aromatic heterocycles. The van der Waals surface area contributed by atoms with E-state index in [1.165, 1.54) is 39.7 Å². The highest BCUT2D eigenvalue weighted by Crippen LogP contribution is 2.35. The Kier molecular flexibility index (Phi) is 7.20. The zero-order valence-electron chi connectivity index (χ0n) is 17.5. The van der Waals surface area contributed by atoms with Gasteiger partial charge in [-0.05, 0) is 18.9 Å². The van der Waals surface area contributed by atoms with Crippen LogP contribution in [0.25, 0.3) is 0 Å². The Balaban J connectivity index is 2.73. The molecule has 0 bridgehead atoms. The minimum Gasteiger partial charge on any atom is -0.494 e. The van der Waals surface area contributed by atoms with Crippen LogP contribution in [0.4, 0.5) is 5.69 Å². The molecule has 0 unspecified atom stereocenters. The average molecular weight is 413 g/mol. The van der Waals surface area contributed by atoms with E-state index in [4.69, 9.17) is 14.2 Å². The van der Waals surface area contributed by atoms with E-state index in [9.17, 15) is 20.0 Å². The van der Waals surface area contributed by atoms with Crippen molar-refractivity contribution in [2.45, 2.75) is 26.8 Å². The van der Waals surface area contributed by atoms with E-state index < -0.39 is 11.5 Å². The lowest BCUT2D eigenvalue weighted by molar-refractivity contribution is 0.0601. The molecule has 0 saturated heterocycles. The summed E-state index contributed by atoms with van der Waals surface area (Å²) in [5.41, 5.74) is 0.161. The fourth-order valence-corrected chi connectivity index (χ4v) is 2.94. The van der Waals surface area contributed by atoms with Gasteiger partial charge in [-0.25, -0.2) is 4.79 Å². The van der Waals surface area contributed by atoms with Crippen molar-refractivity contribution in [1.29, 1.82) is 5.26 Å². The number of nitrogens with zero attached hydrogens (tertiary/aromatic N) is 3. The molecule has 1 aromatic carbocycles. The van der Waals surface area contributed by atoms with Gasteiger partial charge in [-0.2, -0.15) is 5.26 Å². The van der Waals surface area contributed by atoms with Gasteiger partial charge in [0.1, 0.15) is 11.6 Å². The minimum atomic E-state index is -0.641. The van der Waals surface area contributed by atoms with E-state index in [1.807, 2.05) is 13.0 Å². The SMILES string of the molecule is CCCn1c(O)c(C=Nc2cc(OC)c(OC)cc2C(=O)OC)c(C)c(C#N)c1=O. The summed E-state index contributed by atoms with van der Waals surface area (Å²) in [5.74, 6) is -0.286. The Morgan fingerprint density at radius 1 is 1.27 bits per heavy atom. The predicted molar refractivity (Wildman–Crippen MR) is 110 cm³/mol. The summed E-state index contributed by atoms with van der Waals surface area (Å²) in [6.07, 6.45) is 1.88. The Morgan fingerprint density at radius 3 is 2.43 bits per heavy atom. The average Bonchev–Trinajstić information content (AvgIpc) is 2.75. The van der Waals surface area contributed by atoms with Gasteiger partial charge in [0.15, 0.2) is 11.5 Å². The molecule has 0 fully saturated rings. The van der Waals surface area contributed by atoms with Crippen LogP contribution in [0.5, 0.6) is 17.4 Å². The molecule has 0 spiro atoms. The third-order valence-corrected chi connectivity index (χ3v) is 4.53. The van der Waals surface area contributed by atoms with Gasteiger partial charge < -0.3 is 19.3 Å². The fourth-order valence-electron chi connectivity index (χ4n) is 2.94. The molecule has 0 aliphatic rings. The van der Waals surface area contributed by atoms with Crippen molar-refractivity contribution < 1.29 is 24.1 Å². The Labute approximate surface area is 173 Å². The van der Waals surface area contributed by atoms with Gasteiger partial charge in [0.2, 0.25) is 5.88 Å². The highest BCUT2D eigenvalue weighted by atomic mass is 16.5. The van der Waals surface area contributed by atoms with Crippen LogP contribution in [0.3, 0.4) is 0 Å². The molecule has 1 N–H and O–H groups in total. The molecule has 0 aliphatic carbocycles. The summed E-state index contributed by atoms with van der Waals surface area (Å²) < 4.78 is 16.4. The van der Waals surface area contributed by atoms with Crippen molar-refractivity contribution in [3.63, 3.8) is 0 Å². The molecular weight excluding hydrogens is 390 g/mol. The molecule has 2 aromatic rings. The lowest BCUT2D eigenvalue weighted by Crippen LogP contribution is -2.25. The number of rotatable bonds is 7. The van der Waals surface area contributed by atoms with Crippen molar-refractivity contribution in [2.75, 3.05) is 21.3 Å². The lowest BCUT2D eigenvalue weighted by Gasteiger charge is -2.14. The number of hydrogen-bond acceptors (Lipinski definition) is 8. The van der Waals surface area contributed by atoms with Crippen LogP contribution < -0.4 is 15.0 Å². The second-order valence-electron chi connectivity index (χ2n) is 6.28. The zero-order chi connectivity index (χ0) is 22.4. The predicted octanol–water partition coefficient (Wildman–Crippen LogP) is 2.70. The lowest BCUT2D eigenvalue weighted by atomic mass is 10.1. The van der Waals surface area contributed by atoms with Crippen LogP contribution in [0.15, 0.2) is 21.9 Å². The first-order chi connectivity index (χ1) is 14.3. The summed E-state index contributed by atoms with van der Waals surface area (Å²) in [6, 6.07) is 4.80. The monoisotopic (exact) mass is 413 g/mol. The minimum absolute atomic E-state index is 0.0804. The number of ether oxygens (including phenoxy) is 3. The second kappa shape index (κ2) is 9.60. The molecular formula is C21H23N3O6. The van der Waals surface area contributed by atoms with Gasteiger partial charge >= 0.3 is 5.97 Å². The summed E-state index contributed by atoms with van der Waals surface area (Å²) in [7, 11) is 4.12. The topological polar surface area (TPSA) is 123 Å². The number of aromatic hydroxyl groups is 1. The van der Waals surface area contributed by atoms with Crippen molar-refractivity contribution in [3.05, 3.63) is 44.7 Å². The molecule has 0 atom stereocenters. The molecule has 0 amide bonds. The number of benzene rings is 1. The maximum Gasteiger partial charge on any atom is 0.340 e. The normalized spacial score (nSPS) is 10.7. The smallest absolute Gasteiger partial charge is 0.340 e. The number of methoxy groups -OCH3 is 3. The molecule has 9 heteroatoms. The van der Waals surface area contributed by atoms with Gasteiger partial charge in [0.25, 0.3) is 5.56 Å². The van der Waals surface area contributed by atoms with Gasteiger partial charge in [-0.3, -0.25) is 14.4 Å². The number of esters is 1. The van der Waals surface area contributed by atoms with Crippen molar-refractivity contribution in [3.8, 4) is 23.4 Å². The Bertz CT molecular complexity index is 1100. The highest BCUT2D eigenvalue weighted by Gasteiger charge is 2.20. The van der Waals surface area contributed by atoms with Crippen LogP contribution in [0.1, 0.15) is 40.4 Å². The van der Waals surface area contributed by atoms with Crippen molar-refractivity contribution in [1.82, 2.24) is 4.57 Å². The Morgan fingerprint density at radius 2 is 1.90 bits per heavy atom. The van der Waals surface area contributed by atoms with E-state index in [2.05, 4.69) is 4.99 Å². The maximum absolute atomic E-state index is 12.4. The number of aromatic nitrogens is 1. The van der Waals surface area contributed by atoms with Crippen LogP contribution in [0, 0.1) is 18.3 Å². The number of pyridine rings is 1. The van der Waals surface area contributed by atoms with Crippen LogP contribution in [-0.2, 0) is 11.3 Å². The molecule has 2 rings (SSSR count). The Hall–Kier alpha value is -3.80. The summed E-state index contributed by atoms with van der Waals surface area (Å²) in [4.78, 5) is 29.0. The first kappa shape index (κ1) is 22.5. The van der Waals surface area contributed by atoms with E-state index in [0.29, 0.717) is 17.9 Å². The standard InChI is InChI=1S/C21H23N3O6/c1-6-7-24-19(25)14(10-22)12(2)15(20(24)26)11-23-16-9-18(29-4)17(28-3)8-13(16)21(27)30-5/h8-9,11,26H,6-7H2,1-5H3. The molecule has 1 heterocycles. The molecule has 0 radical (unpaired) electrons. The first-order valence-corrected chi connectivity index (χ1v) is 9.09. The number of carbonyl (C=O) groups is 1. The molecule has 30 heavy (non-hydrogen) atoms. The van der Waals surface area contributed by atoms with Crippen LogP contribution in [-0.4, -0.2) is 43.2 Å².